The molecule has 1 heterocycles. The summed E-state index contributed by atoms with van der Waals surface area (Å²) >= 11 is 0. The first-order valence-electron chi connectivity index (χ1n) is 5.68. The molecule has 1 aromatic heterocycles. The van der Waals surface area contributed by atoms with Crippen LogP contribution in [0.25, 0.3) is 0 Å². The maximum Gasteiger partial charge on any atom is 0.273 e. The lowest BCUT2D eigenvalue weighted by atomic mass is 10.2. The van der Waals surface area contributed by atoms with E-state index in [1.165, 1.54) is 12.1 Å². The van der Waals surface area contributed by atoms with E-state index < -0.39 is 4.92 Å². The van der Waals surface area contributed by atoms with Crippen LogP contribution in [-0.4, -0.2) is 17.0 Å². The maximum atomic E-state index is 10.7. The van der Waals surface area contributed by atoms with Gasteiger partial charge in [0.25, 0.3) is 5.69 Å². The van der Waals surface area contributed by atoms with E-state index >= 15 is 0 Å². The molecule has 0 amide bonds. The van der Waals surface area contributed by atoms with Gasteiger partial charge in [-0.05, 0) is 24.6 Å². The molecule has 19 heavy (non-hydrogen) atoms. The number of nitro groups is 1. The van der Waals surface area contributed by atoms with Crippen molar-refractivity contribution in [3.05, 3.63) is 52.1 Å². The summed E-state index contributed by atoms with van der Waals surface area (Å²) in [6.45, 7) is 1.82. The molecule has 98 valence electrons. The van der Waals surface area contributed by atoms with Gasteiger partial charge in [0.15, 0.2) is 0 Å². The summed E-state index contributed by atoms with van der Waals surface area (Å²) < 4.78 is 5.59. The molecule has 0 unspecified atom stereocenters. The summed E-state index contributed by atoms with van der Waals surface area (Å²) in [5.74, 6) is 1.48. The Morgan fingerprint density at radius 2 is 2.11 bits per heavy atom. The molecule has 0 aliphatic rings. The molecule has 0 aliphatic carbocycles. The molecule has 0 radical (unpaired) electrons. The maximum absolute atomic E-state index is 10.7. The van der Waals surface area contributed by atoms with Crippen LogP contribution < -0.4 is 10.1 Å². The third-order valence-corrected chi connectivity index (χ3v) is 2.58. The van der Waals surface area contributed by atoms with E-state index in [1.54, 1.807) is 31.3 Å². The number of nitrogens with zero attached hydrogens (tertiary/aromatic N) is 2. The Kier molecular flexibility index (Phi) is 3.61. The summed E-state index contributed by atoms with van der Waals surface area (Å²) in [6.07, 6.45) is 0. The second kappa shape index (κ2) is 5.34. The first-order chi connectivity index (χ1) is 9.10. The van der Waals surface area contributed by atoms with Crippen molar-refractivity contribution in [1.29, 1.82) is 0 Å². The number of ether oxygens (including phenoxy) is 1. The highest BCUT2D eigenvalue weighted by Gasteiger charge is 2.10. The van der Waals surface area contributed by atoms with Crippen LogP contribution in [0.3, 0.4) is 0 Å². The van der Waals surface area contributed by atoms with Crippen molar-refractivity contribution >= 4 is 11.5 Å². The van der Waals surface area contributed by atoms with Gasteiger partial charge in [-0.15, -0.1) is 0 Å². The summed E-state index contributed by atoms with van der Waals surface area (Å²) in [5, 5.41) is 13.6. The van der Waals surface area contributed by atoms with Gasteiger partial charge >= 0.3 is 0 Å². The minimum Gasteiger partial charge on any atom is -0.438 e. The van der Waals surface area contributed by atoms with Crippen molar-refractivity contribution in [3.8, 4) is 11.6 Å². The Morgan fingerprint density at radius 1 is 1.32 bits per heavy atom. The fourth-order valence-corrected chi connectivity index (χ4v) is 1.54. The van der Waals surface area contributed by atoms with Crippen LogP contribution in [0, 0.1) is 17.0 Å². The number of nitro benzene ring substituents is 1. The number of hydrogen-bond acceptors (Lipinski definition) is 5. The third kappa shape index (κ3) is 2.98. The van der Waals surface area contributed by atoms with Crippen LogP contribution in [-0.2, 0) is 0 Å². The number of pyridine rings is 1. The van der Waals surface area contributed by atoms with Gasteiger partial charge in [-0.3, -0.25) is 10.1 Å². The first kappa shape index (κ1) is 12.8. The van der Waals surface area contributed by atoms with Gasteiger partial charge in [0.1, 0.15) is 11.6 Å². The van der Waals surface area contributed by atoms with Crippen molar-refractivity contribution in [1.82, 2.24) is 4.98 Å². The quantitative estimate of drug-likeness (QED) is 0.674. The zero-order valence-corrected chi connectivity index (χ0v) is 10.6. The van der Waals surface area contributed by atoms with Gasteiger partial charge < -0.3 is 10.1 Å². The second-order valence-corrected chi connectivity index (χ2v) is 3.92. The van der Waals surface area contributed by atoms with Crippen LogP contribution in [0.2, 0.25) is 0 Å². The normalized spacial score (nSPS) is 10.0. The minimum atomic E-state index is -0.455. The average molecular weight is 259 g/mol. The van der Waals surface area contributed by atoms with Crippen LogP contribution in [0.1, 0.15) is 5.56 Å². The van der Waals surface area contributed by atoms with Crippen molar-refractivity contribution in [2.45, 2.75) is 6.92 Å². The predicted octanol–water partition coefficient (Wildman–Crippen LogP) is 3.13. The van der Waals surface area contributed by atoms with Crippen molar-refractivity contribution < 1.29 is 9.66 Å². The molecule has 0 fully saturated rings. The summed E-state index contributed by atoms with van der Waals surface area (Å²) in [6, 6.07) is 9.77. The van der Waals surface area contributed by atoms with E-state index in [9.17, 15) is 10.1 Å². The number of nitrogens with one attached hydrogen (secondary N) is 1. The molecular formula is C13H13N3O3. The van der Waals surface area contributed by atoms with Gasteiger partial charge in [-0.25, -0.2) is 0 Å². The summed E-state index contributed by atoms with van der Waals surface area (Å²) in [5.41, 5.74) is 0.799. The predicted molar refractivity (Wildman–Crippen MR) is 71.7 cm³/mol. The molecule has 0 saturated carbocycles. The summed E-state index contributed by atoms with van der Waals surface area (Å²) in [4.78, 5) is 14.5. The highest BCUT2D eigenvalue weighted by molar-refractivity contribution is 5.46. The Bertz CT molecular complexity index is 614. The van der Waals surface area contributed by atoms with E-state index in [-0.39, 0.29) is 5.69 Å². The molecule has 1 aromatic carbocycles. The van der Waals surface area contributed by atoms with E-state index in [2.05, 4.69) is 10.3 Å². The molecule has 0 saturated heterocycles. The molecule has 0 atom stereocenters. The van der Waals surface area contributed by atoms with Gasteiger partial charge in [-0.2, -0.15) is 4.98 Å². The molecule has 0 aliphatic heterocycles. The highest BCUT2D eigenvalue weighted by atomic mass is 16.6. The van der Waals surface area contributed by atoms with Gasteiger partial charge in [-0.1, -0.05) is 6.07 Å². The molecule has 6 heteroatoms. The number of rotatable bonds is 4. The Labute approximate surface area is 110 Å². The fraction of sp³-hybridized carbons (Fsp3) is 0.154. The lowest BCUT2D eigenvalue weighted by molar-refractivity contribution is -0.384. The van der Waals surface area contributed by atoms with E-state index in [1.807, 2.05) is 6.92 Å². The third-order valence-electron chi connectivity index (χ3n) is 2.58. The lowest BCUT2D eigenvalue weighted by Gasteiger charge is -2.08. The number of anilines is 1. The van der Waals surface area contributed by atoms with Crippen LogP contribution in [0.15, 0.2) is 36.4 Å². The molecular weight excluding hydrogens is 246 g/mol. The SMILES string of the molecule is CNc1cccc(Oc2cc([N+](=O)[O-])ccc2C)n1. The van der Waals surface area contributed by atoms with Gasteiger partial charge in [0, 0.05) is 19.2 Å². The second-order valence-electron chi connectivity index (χ2n) is 3.92. The zero-order chi connectivity index (χ0) is 13.8. The molecule has 1 N–H and O–H groups in total. The Hall–Kier alpha value is -2.63. The van der Waals surface area contributed by atoms with Gasteiger partial charge in [0.05, 0.1) is 11.0 Å². The smallest absolute Gasteiger partial charge is 0.273 e. The summed E-state index contributed by atoms with van der Waals surface area (Å²) in [7, 11) is 1.75. The highest BCUT2D eigenvalue weighted by Crippen LogP contribution is 2.28. The largest absolute Gasteiger partial charge is 0.438 e. The number of benzene rings is 1. The molecule has 6 nitrogen and oxygen atoms in total. The number of aromatic nitrogens is 1. The van der Waals surface area contributed by atoms with E-state index in [4.69, 9.17) is 4.74 Å². The van der Waals surface area contributed by atoms with E-state index in [0.717, 1.165) is 5.56 Å². The standard InChI is InChI=1S/C13H13N3O3/c1-9-6-7-10(16(17)18)8-11(9)19-13-5-3-4-12(14-2)15-13/h3-8H,1-2H3,(H,14,15). The molecule has 0 spiro atoms. The molecule has 2 rings (SSSR count). The fourth-order valence-electron chi connectivity index (χ4n) is 1.54. The van der Waals surface area contributed by atoms with Crippen LogP contribution in [0.5, 0.6) is 11.6 Å². The molecule has 0 bridgehead atoms. The first-order valence-corrected chi connectivity index (χ1v) is 5.68. The van der Waals surface area contributed by atoms with E-state index in [0.29, 0.717) is 17.4 Å². The molecule has 2 aromatic rings. The van der Waals surface area contributed by atoms with Crippen LogP contribution in [0.4, 0.5) is 11.5 Å². The average Bonchev–Trinajstić information content (AvgIpc) is 2.41. The van der Waals surface area contributed by atoms with Crippen LogP contribution >= 0.6 is 0 Å². The topological polar surface area (TPSA) is 77.3 Å². The number of aryl methyl sites for hydroxylation is 1. The number of non-ortho nitro benzene ring substituents is 1. The zero-order valence-electron chi connectivity index (χ0n) is 10.6. The van der Waals surface area contributed by atoms with Crippen molar-refractivity contribution in [3.63, 3.8) is 0 Å². The van der Waals surface area contributed by atoms with Crippen molar-refractivity contribution in [2.75, 3.05) is 12.4 Å². The van der Waals surface area contributed by atoms with Crippen molar-refractivity contribution in [2.24, 2.45) is 0 Å². The monoisotopic (exact) mass is 259 g/mol. The number of hydrogen-bond donors (Lipinski definition) is 1. The van der Waals surface area contributed by atoms with Gasteiger partial charge in [0.2, 0.25) is 5.88 Å². The Balaban J connectivity index is 2.31. The Morgan fingerprint density at radius 3 is 2.79 bits per heavy atom. The minimum absolute atomic E-state index is 0.00892. The lowest BCUT2D eigenvalue weighted by Crippen LogP contribution is -1.96.